The molecule has 0 unspecified atom stereocenters. The fourth-order valence-corrected chi connectivity index (χ4v) is 4.67. The summed E-state index contributed by atoms with van der Waals surface area (Å²) < 4.78 is 1.46. The highest BCUT2D eigenvalue weighted by molar-refractivity contribution is 7.18. The minimum atomic E-state index is -0.0819. The lowest BCUT2D eigenvalue weighted by molar-refractivity contribution is 0.0970. The molecule has 4 rings (SSSR count). The monoisotopic (exact) mass is 352 g/mol. The van der Waals surface area contributed by atoms with Crippen LogP contribution in [0, 0.1) is 13.8 Å². The summed E-state index contributed by atoms with van der Waals surface area (Å²) in [5, 5.41) is 0.732. The highest BCUT2D eigenvalue weighted by Gasteiger charge is 2.20. The zero-order chi connectivity index (χ0) is 17.6. The van der Waals surface area contributed by atoms with Gasteiger partial charge in [0.2, 0.25) is 0 Å². The number of aryl methyl sites for hydroxylation is 4. The van der Waals surface area contributed by atoms with Gasteiger partial charge >= 0.3 is 0 Å². The third kappa shape index (κ3) is 2.82. The van der Waals surface area contributed by atoms with E-state index in [4.69, 9.17) is 0 Å². The van der Waals surface area contributed by atoms with E-state index in [9.17, 15) is 9.59 Å². The zero-order valence-electron chi connectivity index (χ0n) is 14.5. The molecule has 0 saturated heterocycles. The molecule has 25 heavy (non-hydrogen) atoms. The average molecular weight is 352 g/mol. The van der Waals surface area contributed by atoms with Crippen LogP contribution >= 0.6 is 11.3 Å². The molecule has 0 fully saturated rings. The number of nitrogens with zero attached hydrogens (tertiary/aromatic N) is 2. The molecule has 1 aromatic carbocycles. The Morgan fingerprint density at radius 1 is 1.20 bits per heavy atom. The minimum absolute atomic E-state index is 0.0366. The van der Waals surface area contributed by atoms with Gasteiger partial charge in [-0.3, -0.25) is 14.2 Å². The maximum atomic E-state index is 12.9. The maximum Gasteiger partial charge on any atom is 0.262 e. The SMILES string of the molecule is Cc1ccc(C(=O)Cn2cnc3sc4c(c3c2=O)CCCC4)cc1C. The van der Waals surface area contributed by atoms with E-state index in [1.165, 1.54) is 22.2 Å². The van der Waals surface area contributed by atoms with E-state index >= 15 is 0 Å². The number of carbonyl (C=O) groups is 1. The molecule has 0 amide bonds. The number of rotatable bonds is 3. The van der Waals surface area contributed by atoms with Crippen molar-refractivity contribution in [3.05, 3.63) is 62.0 Å². The molecule has 0 atom stereocenters. The van der Waals surface area contributed by atoms with E-state index in [0.29, 0.717) is 5.56 Å². The van der Waals surface area contributed by atoms with Gasteiger partial charge in [-0.25, -0.2) is 4.98 Å². The first-order valence-electron chi connectivity index (χ1n) is 8.65. The van der Waals surface area contributed by atoms with Crippen LogP contribution in [-0.2, 0) is 19.4 Å². The van der Waals surface area contributed by atoms with Gasteiger partial charge in [-0.15, -0.1) is 11.3 Å². The van der Waals surface area contributed by atoms with E-state index in [1.807, 2.05) is 32.0 Å². The van der Waals surface area contributed by atoms with Crippen LogP contribution in [0.4, 0.5) is 0 Å². The Bertz CT molecular complexity index is 1050. The fraction of sp³-hybridized carbons (Fsp3) is 0.350. The van der Waals surface area contributed by atoms with Crippen molar-refractivity contribution in [3.63, 3.8) is 0 Å². The molecule has 128 valence electrons. The van der Waals surface area contributed by atoms with Crippen LogP contribution in [0.25, 0.3) is 10.2 Å². The number of Topliss-reactive ketones (excluding diaryl/α,β-unsaturated/α-hetero) is 1. The van der Waals surface area contributed by atoms with Gasteiger partial charge in [-0.1, -0.05) is 12.1 Å². The maximum absolute atomic E-state index is 12.9. The zero-order valence-corrected chi connectivity index (χ0v) is 15.3. The van der Waals surface area contributed by atoms with Crippen LogP contribution in [0.15, 0.2) is 29.3 Å². The van der Waals surface area contributed by atoms with Gasteiger partial charge in [0, 0.05) is 10.4 Å². The van der Waals surface area contributed by atoms with Crippen molar-refractivity contribution in [2.75, 3.05) is 0 Å². The number of ketones is 1. The smallest absolute Gasteiger partial charge is 0.262 e. The summed E-state index contributed by atoms with van der Waals surface area (Å²) in [5.74, 6) is -0.0598. The standard InChI is InChI=1S/C20H20N2O2S/c1-12-7-8-14(9-13(12)2)16(23)10-22-11-21-19-18(20(22)24)15-5-3-4-6-17(15)25-19/h7-9,11H,3-6,10H2,1-2H3. The predicted molar refractivity (Wildman–Crippen MR) is 101 cm³/mol. The Morgan fingerprint density at radius 3 is 2.80 bits per heavy atom. The largest absolute Gasteiger partial charge is 0.292 e. The molecule has 0 aliphatic heterocycles. The van der Waals surface area contributed by atoms with Gasteiger partial charge < -0.3 is 0 Å². The van der Waals surface area contributed by atoms with Crippen LogP contribution in [0.1, 0.15) is 44.8 Å². The van der Waals surface area contributed by atoms with Crippen LogP contribution in [0.3, 0.4) is 0 Å². The van der Waals surface area contributed by atoms with Crippen LogP contribution in [0.5, 0.6) is 0 Å². The third-order valence-corrected chi connectivity index (χ3v) is 6.28. The minimum Gasteiger partial charge on any atom is -0.292 e. The average Bonchev–Trinajstić information content (AvgIpc) is 2.99. The van der Waals surface area contributed by atoms with Crippen molar-refractivity contribution in [2.45, 2.75) is 46.1 Å². The van der Waals surface area contributed by atoms with Crippen LogP contribution in [0.2, 0.25) is 0 Å². The van der Waals surface area contributed by atoms with Crippen LogP contribution < -0.4 is 5.56 Å². The Morgan fingerprint density at radius 2 is 2.00 bits per heavy atom. The number of benzene rings is 1. The number of carbonyl (C=O) groups excluding carboxylic acids is 1. The van der Waals surface area contributed by atoms with Gasteiger partial charge in [0.15, 0.2) is 5.78 Å². The summed E-state index contributed by atoms with van der Waals surface area (Å²) >= 11 is 1.63. The third-order valence-electron chi connectivity index (χ3n) is 5.08. The van der Waals surface area contributed by atoms with Crippen molar-refractivity contribution in [1.29, 1.82) is 0 Å². The van der Waals surface area contributed by atoms with Crippen molar-refractivity contribution in [1.82, 2.24) is 9.55 Å². The van der Waals surface area contributed by atoms with Crippen molar-refractivity contribution < 1.29 is 4.79 Å². The van der Waals surface area contributed by atoms with Gasteiger partial charge in [-0.05, 0) is 62.3 Å². The van der Waals surface area contributed by atoms with Gasteiger partial charge in [-0.2, -0.15) is 0 Å². The Hall–Kier alpha value is -2.27. The Kier molecular flexibility index (Phi) is 4.04. The van der Waals surface area contributed by atoms with E-state index < -0.39 is 0 Å². The number of fused-ring (bicyclic) bond motifs is 3. The molecule has 3 aromatic rings. The molecular formula is C20H20N2O2S. The van der Waals surface area contributed by atoms with E-state index in [-0.39, 0.29) is 17.9 Å². The molecule has 1 aliphatic carbocycles. The normalized spacial score (nSPS) is 13.8. The molecule has 0 spiro atoms. The molecule has 0 radical (unpaired) electrons. The fourth-order valence-electron chi connectivity index (χ4n) is 3.45. The topological polar surface area (TPSA) is 52.0 Å². The molecule has 0 saturated carbocycles. The molecule has 2 heterocycles. The molecule has 0 bridgehead atoms. The summed E-state index contributed by atoms with van der Waals surface area (Å²) in [6, 6.07) is 5.66. The van der Waals surface area contributed by atoms with E-state index in [1.54, 1.807) is 11.3 Å². The van der Waals surface area contributed by atoms with Gasteiger partial charge in [0.1, 0.15) is 4.83 Å². The lowest BCUT2D eigenvalue weighted by atomic mass is 9.97. The lowest BCUT2D eigenvalue weighted by Crippen LogP contribution is -2.25. The quantitative estimate of drug-likeness (QED) is 0.673. The first-order chi connectivity index (χ1) is 12.0. The molecule has 5 heteroatoms. The molecular weight excluding hydrogens is 332 g/mol. The van der Waals surface area contributed by atoms with Crippen LogP contribution in [-0.4, -0.2) is 15.3 Å². The molecule has 4 nitrogen and oxygen atoms in total. The lowest BCUT2D eigenvalue weighted by Gasteiger charge is -2.10. The van der Waals surface area contributed by atoms with Crippen molar-refractivity contribution in [2.24, 2.45) is 0 Å². The number of aromatic nitrogens is 2. The summed E-state index contributed by atoms with van der Waals surface area (Å²) in [5.41, 5.74) is 3.96. The number of hydrogen-bond donors (Lipinski definition) is 0. The van der Waals surface area contributed by atoms with Crippen molar-refractivity contribution >= 4 is 27.3 Å². The molecule has 0 N–H and O–H groups in total. The second-order valence-electron chi connectivity index (χ2n) is 6.79. The highest BCUT2D eigenvalue weighted by atomic mass is 32.1. The van der Waals surface area contributed by atoms with E-state index in [2.05, 4.69) is 4.98 Å². The second-order valence-corrected chi connectivity index (χ2v) is 7.87. The summed E-state index contributed by atoms with van der Waals surface area (Å²) in [6.45, 7) is 4.05. The molecule has 2 aromatic heterocycles. The summed E-state index contributed by atoms with van der Waals surface area (Å²) in [7, 11) is 0. The Balaban J connectivity index is 1.72. The second kappa shape index (κ2) is 6.23. The first kappa shape index (κ1) is 16.2. The number of hydrogen-bond acceptors (Lipinski definition) is 4. The van der Waals surface area contributed by atoms with Crippen molar-refractivity contribution in [3.8, 4) is 0 Å². The molecule has 1 aliphatic rings. The summed E-state index contributed by atoms with van der Waals surface area (Å²) in [6.07, 6.45) is 5.80. The highest BCUT2D eigenvalue weighted by Crippen LogP contribution is 2.33. The predicted octanol–water partition coefficient (Wildman–Crippen LogP) is 3.84. The van der Waals surface area contributed by atoms with E-state index in [0.717, 1.165) is 46.2 Å². The Labute approximate surface area is 150 Å². The summed E-state index contributed by atoms with van der Waals surface area (Å²) in [4.78, 5) is 32.1. The van der Waals surface area contributed by atoms with Gasteiger partial charge in [0.05, 0.1) is 18.3 Å². The van der Waals surface area contributed by atoms with Gasteiger partial charge in [0.25, 0.3) is 5.56 Å². The first-order valence-corrected chi connectivity index (χ1v) is 9.46. The number of thiophene rings is 1.